The summed E-state index contributed by atoms with van der Waals surface area (Å²) in [6.45, 7) is 0. The Labute approximate surface area is 158 Å². The number of phenols is 2. The quantitative estimate of drug-likeness (QED) is 0.547. The molecule has 0 bridgehead atoms. The summed E-state index contributed by atoms with van der Waals surface area (Å²) in [5.74, 6) is -1.25. The molecule has 0 saturated carbocycles. The molecular weight excluding hydrogens is 364 g/mol. The Morgan fingerprint density at radius 2 is 1.46 bits per heavy atom. The van der Waals surface area contributed by atoms with E-state index in [0.29, 0.717) is 5.56 Å². The molecule has 7 heteroatoms. The smallest absolute Gasteiger partial charge is 0.185 e. The second kappa shape index (κ2) is 7.03. The highest BCUT2D eigenvalue weighted by molar-refractivity contribution is 5.82. The minimum atomic E-state index is -0.514. The van der Waals surface area contributed by atoms with Crippen molar-refractivity contribution in [3.63, 3.8) is 0 Å². The highest BCUT2D eigenvalue weighted by atomic mass is 19.1. The predicted octanol–water partition coefficient (Wildman–Crippen LogP) is 4.56. The summed E-state index contributed by atoms with van der Waals surface area (Å²) in [5, 5.41) is 28.0. The molecular formula is C21H13F2N3O2. The molecule has 0 fully saturated rings. The van der Waals surface area contributed by atoms with Crippen molar-refractivity contribution < 1.29 is 19.0 Å². The molecule has 0 atom stereocenters. The van der Waals surface area contributed by atoms with Gasteiger partial charge in [-0.25, -0.2) is 13.8 Å². The van der Waals surface area contributed by atoms with Crippen molar-refractivity contribution >= 4 is 0 Å². The highest BCUT2D eigenvalue weighted by Crippen LogP contribution is 2.36. The molecule has 0 unspecified atom stereocenters. The van der Waals surface area contributed by atoms with Crippen LogP contribution in [-0.4, -0.2) is 25.4 Å². The van der Waals surface area contributed by atoms with Crippen LogP contribution >= 0.6 is 0 Å². The van der Waals surface area contributed by atoms with E-state index in [1.54, 1.807) is 12.1 Å². The van der Waals surface area contributed by atoms with E-state index in [4.69, 9.17) is 0 Å². The number of hydrogen-bond donors (Lipinski definition) is 2. The zero-order chi connectivity index (χ0) is 19.7. The molecule has 0 aliphatic rings. The van der Waals surface area contributed by atoms with Gasteiger partial charge in [0.05, 0.1) is 5.56 Å². The average molecular weight is 377 g/mol. The number of nitrogens with zero attached hydrogens (tertiary/aromatic N) is 3. The summed E-state index contributed by atoms with van der Waals surface area (Å²) in [6.07, 6.45) is 0. The molecule has 2 N–H and O–H groups in total. The summed E-state index contributed by atoms with van der Waals surface area (Å²) in [7, 11) is 0. The number of hydrogen-bond acceptors (Lipinski definition) is 5. The van der Waals surface area contributed by atoms with Crippen molar-refractivity contribution in [3.05, 3.63) is 78.4 Å². The maximum Gasteiger partial charge on any atom is 0.185 e. The van der Waals surface area contributed by atoms with E-state index >= 15 is 0 Å². The lowest BCUT2D eigenvalue weighted by molar-refractivity contribution is 0.451. The number of aromatic hydroxyl groups is 2. The molecule has 0 saturated heterocycles. The summed E-state index contributed by atoms with van der Waals surface area (Å²) < 4.78 is 27.5. The maximum atomic E-state index is 14.2. The molecule has 0 radical (unpaired) electrons. The molecule has 1 heterocycles. The van der Waals surface area contributed by atoms with Crippen LogP contribution in [0.15, 0.2) is 66.7 Å². The number of aromatic nitrogens is 3. The third kappa shape index (κ3) is 3.25. The van der Waals surface area contributed by atoms with E-state index in [9.17, 15) is 19.0 Å². The molecule has 0 spiro atoms. The molecule has 4 rings (SSSR count). The molecule has 0 aliphatic carbocycles. The average Bonchev–Trinajstić information content (AvgIpc) is 2.69. The Bertz CT molecular complexity index is 1160. The molecule has 3 aromatic carbocycles. The van der Waals surface area contributed by atoms with Gasteiger partial charge in [-0.3, -0.25) is 0 Å². The Morgan fingerprint density at radius 1 is 0.714 bits per heavy atom. The number of rotatable bonds is 3. The Hall–Kier alpha value is -3.87. The Balaban J connectivity index is 1.96. The summed E-state index contributed by atoms with van der Waals surface area (Å²) >= 11 is 0. The molecule has 0 aliphatic heterocycles. The fraction of sp³-hybridized carbons (Fsp3) is 0. The minimum Gasteiger partial charge on any atom is -0.508 e. The lowest BCUT2D eigenvalue weighted by atomic mass is 10.0. The van der Waals surface area contributed by atoms with Gasteiger partial charge in [0, 0.05) is 17.2 Å². The topological polar surface area (TPSA) is 79.1 Å². The fourth-order valence-corrected chi connectivity index (χ4v) is 2.79. The maximum absolute atomic E-state index is 14.2. The standard InChI is InChI=1S/C21H13F2N3O2/c22-13-7-5-12(6-8-13)19-20(16-10-9-14(27)11-18(16)28)24-21(26-25-19)15-3-1-2-4-17(15)23/h1-11,27-28H. The second-order valence-corrected chi connectivity index (χ2v) is 6.02. The monoisotopic (exact) mass is 377 g/mol. The van der Waals surface area contributed by atoms with Gasteiger partial charge in [-0.1, -0.05) is 12.1 Å². The van der Waals surface area contributed by atoms with Crippen LogP contribution in [-0.2, 0) is 0 Å². The van der Waals surface area contributed by atoms with Crippen LogP contribution < -0.4 is 0 Å². The van der Waals surface area contributed by atoms with Gasteiger partial charge in [0.15, 0.2) is 5.82 Å². The van der Waals surface area contributed by atoms with E-state index < -0.39 is 11.6 Å². The van der Waals surface area contributed by atoms with Gasteiger partial charge in [-0.05, 0) is 48.5 Å². The predicted molar refractivity (Wildman–Crippen MR) is 99.4 cm³/mol. The van der Waals surface area contributed by atoms with E-state index in [-0.39, 0.29) is 39.8 Å². The zero-order valence-electron chi connectivity index (χ0n) is 14.3. The normalized spacial score (nSPS) is 10.8. The SMILES string of the molecule is Oc1ccc(-c2nc(-c3ccccc3F)nnc2-c2ccc(F)cc2)c(O)c1. The molecule has 138 valence electrons. The van der Waals surface area contributed by atoms with Crippen molar-refractivity contribution in [1.82, 2.24) is 15.2 Å². The van der Waals surface area contributed by atoms with Gasteiger partial charge in [0.2, 0.25) is 0 Å². The largest absolute Gasteiger partial charge is 0.508 e. The van der Waals surface area contributed by atoms with Crippen molar-refractivity contribution in [2.45, 2.75) is 0 Å². The number of phenolic OH excluding ortho intramolecular Hbond substituents is 2. The third-order valence-corrected chi connectivity index (χ3v) is 4.16. The van der Waals surface area contributed by atoms with Crippen LogP contribution in [0.5, 0.6) is 11.5 Å². The lowest BCUT2D eigenvalue weighted by Crippen LogP contribution is -2.01. The van der Waals surface area contributed by atoms with E-state index in [1.165, 1.54) is 48.5 Å². The van der Waals surface area contributed by atoms with Crippen LogP contribution in [0, 0.1) is 11.6 Å². The van der Waals surface area contributed by atoms with Crippen molar-refractivity contribution in [2.24, 2.45) is 0 Å². The molecule has 28 heavy (non-hydrogen) atoms. The fourth-order valence-electron chi connectivity index (χ4n) is 2.79. The molecule has 5 nitrogen and oxygen atoms in total. The first kappa shape index (κ1) is 17.5. The van der Waals surface area contributed by atoms with Crippen LogP contribution in [0.1, 0.15) is 0 Å². The number of halogens is 2. The molecule has 4 aromatic rings. The first-order valence-electron chi connectivity index (χ1n) is 8.31. The van der Waals surface area contributed by atoms with Crippen LogP contribution in [0.4, 0.5) is 8.78 Å². The first-order valence-corrected chi connectivity index (χ1v) is 8.31. The first-order chi connectivity index (χ1) is 13.5. The number of benzene rings is 3. The van der Waals surface area contributed by atoms with Gasteiger partial charge in [0.1, 0.15) is 34.5 Å². The Kier molecular flexibility index (Phi) is 4.41. The second-order valence-electron chi connectivity index (χ2n) is 6.02. The van der Waals surface area contributed by atoms with Gasteiger partial charge < -0.3 is 10.2 Å². The van der Waals surface area contributed by atoms with Crippen molar-refractivity contribution in [1.29, 1.82) is 0 Å². The summed E-state index contributed by atoms with van der Waals surface area (Å²) in [6, 6.07) is 15.5. The molecule has 1 aromatic heterocycles. The van der Waals surface area contributed by atoms with Crippen LogP contribution in [0.25, 0.3) is 33.9 Å². The minimum absolute atomic E-state index is 0.0337. The van der Waals surface area contributed by atoms with Crippen molar-refractivity contribution in [3.8, 4) is 45.4 Å². The van der Waals surface area contributed by atoms with Gasteiger partial charge in [-0.15, -0.1) is 10.2 Å². The van der Waals surface area contributed by atoms with Gasteiger partial charge >= 0.3 is 0 Å². The van der Waals surface area contributed by atoms with E-state index in [0.717, 1.165) is 6.07 Å². The lowest BCUT2D eigenvalue weighted by Gasteiger charge is -2.11. The highest BCUT2D eigenvalue weighted by Gasteiger charge is 2.19. The van der Waals surface area contributed by atoms with Crippen molar-refractivity contribution in [2.75, 3.05) is 0 Å². The van der Waals surface area contributed by atoms with Crippen LogP contribution in [0.2, 0.25) is 0 Å². The Morgan fingerprint density at radius 3 is 2.18 bits per heavy atom. The zero-order valence-corrected chi connectivity index (χ0v) is 14.3. The van der Waals surface area contributed by atoms with E-state index in [1.807, 2.05) is 0 Å². The molecule has 0 amide bonds. The van der Waals surface area contributed by atoms with E-state index in [2.05, 4.69) is 15.2 Å². The van der Waals surface area contributed by atoms with Gasteiger partial charge in [-0.2, -0.15) is 0 Å². The summed E-state index contributed by atoms with van der Waals surface area (Å²) in [5.41, 5.74) is 1.44. The van der Waals surface area contributed by atoms with Gasteiger partial charge in [0.25, 0.3) is 0 Å². The van der Waals surface area contributed by atoms with Crippen LogP contribution in [0.3, 0.4) is 0 Å². The summed E-state index contributed by atoms with van der Waals surface area (Å²) in [4.78, 5) is 4.41. The third-order valence-electron chi connectivity index (χ3n) is 4.16.